The van der Waals surface area contributed by atoms with Gasteiger partial charge < -0.3 is 15.0 Å². The number of rotatable bonds is 4. The van der Waals surface area contributed by atoms with Crippen LogP contribution in [-0.2, 0) is 11.3 Å². The van der Waals surface area contributed by atoms with E-state index in [1.54, 1.807) is 12.1 Å². The van der Waals surface area contributed by atoms with Gasteiger partial charge in [-0.25, -0.2) is 4.39 Å². The highest BCUT2D eigenvalue weighted by Crippen LogP contribution is 2.15. The smallest absolute Gasteiger partial charge is 0.231 e. The third-order valence-corrected chi connectivity index (χ3v) is 3.42. The lowest BCUT2D eigenvalue weighted by molar-refractivity contribution is 0.122. The lowest BCUT2D eigenvalue weighted by Crippen LogP contribution is -2.37. The quantitative estimate of drug-likeness (QED) is 0.930. The van der Waals surface area contributed by atoms with Gasteiger partial charge in [-0.1, -0.05) is 12.1 Å². The second-order valence-electron chi connectivity index (χ2n) is 4.81. The van der Waals surface area contributed by atoms with E-state index in [2.05, 4.69) is 20.3 Å². The zero-order chi connectivity index (χ0) is 15.4. The summed E-state index contributed by atoms with van der Waals surface area (Å²) >= 11 is 5.96. The van der Waals surface area contributed by atoms with Crippen LogP contribution in [0.4, 0.5) is 16.3 Å². The molecule has 0 unspecified atom stereocenters. The second kappa shape index (κ2) is 6.85. The molecule has 1 aromatic carbocycles. The molecule has 0 radical (unpaired) electrons. The van der Waals surface area contributed by atoms with Gasteiger partial charge in [0.1, 0.15) is 5.82 Å². The predicted molar refractivity (Wildman–Crippen MR) is 81.6 cm³/mol. The van der Waals surface area contributed by atoms with Crippen molar-refractivity contribution in [3.8, 4) is 0 Å². The first kappa shape index (κ1) is 14.9. The number of nitrogens with one attached hydrogen (secondary N) is 1. The van der Waals surface area contributed by atoms with Gasteiger partial charge in [0.2, 0.25) is 17.2 Å². The molecule has 1 aliphatic rings. The molecule has 1 aliphatic heterocycles. The van der Waals surface area contributed by atoms with Crippen LogP contribution in [0.2, 0.25) is 5.28 Å². The number of aromatic nitrogens is 3. The van der Waals surface area contributed by atoms with E-state index >= 15 is 0 Å². The Labute approximate surface area is 132 Å². The topological polar surface area (TPSA) is 63.2 Å². The van der Waals surface area contributed by atoms with Gasteiger partial charge in [-0.05, 0) is 29.3 Å². The molecule has 0 aliphatic carbocycles. The minimum absolute atomic E-state index is 0.137. The van der Waals surface area contributed by atoms with Crippen LogP contribution in [0.25, 0.3) is 0 Å². The lowest BCUT2D eigenvalue weighted by Gasteiger charge is -2.26. The Morgan fingerprint density at radius 3 is 2.59 bits per heavy atom. The zero-order valence-electron chi connectivity index (χ0n) is 11.8. The molecule has 1 aromatic heterocycles. The van der Waals surface area contributed by atoms with E-state index in [1.165, 1.54) is 12.1 Å². The average Bonchev–Trinajstić information content (AvgIpc) is 2.55. The Hall–Kier alpha value is -1.99. The first-order valence-electron chi connectivity index (χ1n) is 6.93. The van der Waals surface area contributed by atoms with Gasteiger partial charge in [-0.3, -0.25) is 0 Å². The molecule has 0 bridgehead atoms. The third-order valence-electron chi connectivity index (χ3n) is 3.25. The van der Waals surface area contributed by atoms with Crippen molar-refractivity contribution in [2.45, 2.75) is 6.54 Å². The molecule has 1 fully saturated rings. The number of benzene rings is 1. The van der Waals surface area contributed by atoms with Crippen LogP contribution >= 0.6 is 11.6 Å². The van der Waals surface area contributed by atoms with Crippen LogP contribution in [0.15, 0.2) is 24.3 Å². The summed E-state index contributed by atoms with van der Waals surface area (Å²) in [5, 5.41) is 3.21. The minimum atomic E-state index is -0.262. The van der Waals surface area contributed by atoms with E-state index in [1.807, 2.05) is 4.90 Å². The van der Waals surface area contributed by atoms with E-state index in [9.17, 15) is 4.39 Å². The maximum atomic E-state index is 12.9. The Balaban J connectivity index is 1.70. The first-order valence-corrected chi connectivity index (χ1v) is 7.31. The molecule has 3 rings (SSSR count). The Morgan fingerprint density at radius 1 is 1.14 bits per heavy atom. The Bertz CT molecular complexity index is 634. The number of hydrogen-bond donors (Lipinski definition) is 1. The highest BCUT2D eigenvalue weighted by molar-refractivity contribution is 6.28. The van der Waals surface area contributed by atoms with Crippen molar-refractivity contribution in [1.29, 1.82) is 0 Å². The Kier molecular flexibility index (Phi) is 4.65. The molecule has 22 heavy (non-hydrogen) atoms. The summed E-state index contributed by atoms with van der Waals surface area (Å²) in [5.74, 6) is 0.664. The van der Waals surface area contributed by atoms with Crippen molar-refractivity contribution in [2.24, 2.45) is 0 Å². The summed E-state index contributed by atoms with van der Waals surface area (Å²) in [4.78, 5) is 14.6. The van der Waals surface area contributed by atoms with Crippen LogP contribution in [0.1, 0.15) is 5.56 Å². The summed E-state index contributed by atoms with van der Waals surface area (Å²) in [6.45, 7) is 3.20. The average molecular weight is 324 g/mol. The van der Waals surface area contributed by atoms with Gasteiger partial charge >= 0.3 is 0 Å². The van der Waals surface area contributed by atoms with Gasteiger partial charge in [0.15, 0.2) is 0 Å². The van der Waals surface area contributed by atoms with Crippen molar-refractivity contribution in [1.82, 2.24) is 15.0 Å². The van der Waals surface area contributed by atoms with Crippen LogP contribution in [0.5, 0.6) is 0 Å². The van der Waals surface area contributed by atoms with E-state index in [0.29, 0.717) is 31.7 Å². The molecule has 1 N–H and O–H groups in total. The first-order chi connectivity index (χ1) is 10.7. The molecular formula is C14H15ClFN5O. The van der Waals surface area contributed by atoms with Gasteiger partial charge in [-0.2, -0.15) is 15.0 Å². The predicted octanol–water partition coefficient (Wildman–Crippen LogP) is 2.11. The molecule has 1 saturated heterocycles. The third kappa shape index (κ3) is 3.80. The van der Waals surface area contributed by atoms with Gasteiger partial charge in [0, 0.05) is 19.6 Å². The number of nitrogens with zero attached hydrogens (tertiary/aromatic N) is 4. The molecule has 2 heterocycles. The summed E-state index contributed by atoms with van der Waals surface area (Å²) in [7, 11) is 0. The van der Waals surface area contributed by atoms with Crippen LogP contribution < -0.4 is 10.2 Å². The van der Waals surface area contributed by atoms with Crippen LogP contribution in [0, 0.1) is 5.82 Å². The van der Waals surface area contributed by atoms with Gasteiger partial charge in [0.25, 0.3) is 0 Å². The molecule has 2 aromatic rings. The molecule has 0 saturated carbocycles. The molecule has 116 valence electrons. The monoisotopic (exact) mass is 323 g/mol. The fourth-order valence-corrected chi connectivity index (χ4v) is 2.26. The van der Waals surface area contributed by atoms with Crippen molar-refractivity contribution < 1.29 is 9.13 Å². The van der Waals surface area contributed by atoms with Crippen molar-refractivity contribution in [3.63, 3.8) is 0 Å². The number of ether oxygens (including phenoxy) is 1. The highest BCUT2D eigenvalue weighted by Gasteiger charge is 2.16. The molecular weight excluding hydrogens is 309 g/mol. The molecule has 0 amide bonds. The fraction of sp³-hybridized carbons (Fsp3) is 0.357. The summed E-state index contributed by atoms with van der Waals surface area (Å²) in [6, 6.07) is 6.23. The maximum absolute atomic E-state index is 12.9. The lowest BCUT2D eigenvalue weighted by atomic mass is 10.2. The Morgan fingerprint density at radius 2 is 1.86 bits per heavy atom. The van der Waals surface area contributed by atoms with Crippen molar-refractivity contribution in [2.75, 3.05) is 36.5 Å². The summed E-state index contributed by atoms with van der Waals surface area (Å²) in [6.07, 6.45) is 0. The molecule has 0 spiro atoms. The normalized spacial score (nSPS) is 14.9. The number of morpholine rings is 1. The number of hydrogen-bond acceptors (Lipinski definition) is 6. The van der Waals surface area contributed by atoms with Crippen LogP contribution in [-0.4, -0.2) is 41.3 Å². The van der Waals surface area contributed by atoms with E-state index in [-0.39, 0.29) is 11.1 Å². The summed E-state index contributed by atoms with van der Waals surface area (Å²) in [5.41, 5.74) is 0.922. The number of anilines is 2. The van der Waals surface area contributed by atoms with Crippen LogP contribution in [0.3, 0.4) is 0 Å². The fourth-order valence-electron chi connectivity index (χ4n) is 2.11. The maximum Gasteiger partial charge on any atom is 0.231 e. The van der Waals surface area contributed by atoms with Gasteiger partial charge in [-0.15, -0.1) is 0 Å². The molecule has 8 heteroatoms. The zero-order valence-corrected chi connectivity index (χ0v) is 12.6. The largest absolute Gasteiger partial charge is 0.378 e. The summed E-state index contributed by atoms with van der Waals surface area (Å²) < 4.78 is 18.2. The van der Waals surface area contributed by atoms with E-state index in [4.69, 9.17) is 16.3 Å². The SMILES string of the molecule is Fc1ccc(CNc2nc(Cl)nc(N3CCOCC3)n2)cc1. The standard InChI is InChI=1S/C14H15ClFN5O/c15-12-18-13(17-9-10-1-3-11(16)4-2-10)20-14(19-12)21-5-7-22-8-6-21/h1-4H,5-9H2,(H,17,18,19,20). The van der Waals surface area contributed by atoms with Crippen molar-refractivity contribution in [3.05, 3.63) is 40.9 Å². The van der Waals surface area contributed by atoms with Gasteiger partial charge in [0.05, 0.1) is 13.2 Å². The van der Waals surface area contributed by atoms with E-state index < -0.39 is 0 Å². The molecule has 0 atom stereocenters. The highest BCUT2D eigenvalue weighted by atomic mass is 35.5. The second-order valence-corrected chi connectivity index (χ2v) is 5.15. The van der Waals surface area contributed by atoms with Crippen molar-refractivity contribution >= 4 is 23.5 Å². The van der Waals surface area contributed by atoms with E-state index in [0.717, 1.165) is 18.7 Å². The molecule has 6 nitrogen and oxygen atoms in total. The minimum Gasteiger partial charge on any atom is -0.378 e. The number of halogens is 2.